The molecule has 126 valence electrons. The van der Waals surface area contributed by atoms with Crippen molar-refractivity contribution in [2.75, 3.05) is 7.05 Å². The molecule has 4 atom stereocenters. The molecule has 4 nitrogen and oxygen atoms in total. The normalized spacial score (nSPS) is 28.4. The molecule has 3 rings (SSSR count). The average molecular weight is 321 g/mol. The van der Waals surface area contributed by atoms with Crippen LogP contribution in [0.3, 0.4) is 0 Å². The molecule has 0 spiro atoms. The van der Waals surface area contributed by atoms with Gasteiger partial charge in [0.2, 0.25) is 0 Å². The quantitative estimate of drug-likeness (QED) is 0.781. The summed E-state index contributed by atoms with van der Waals surface area (Å²) in [4.78, 5) is 14.8. The highest BCUT2D eigenvalue weighted by molar-refractivity contribution is 5.75. The van der Waals surface area contributed by atoms with Gasteiger partial charge >= 0.3 is 5.97 Å². The van der Waals surface area contributed by atoms with Gasteiger partial charge in [0.1, 0.15) is 17.7 Å². The molecular weight excluding hydrogens is 297 g/mol. The SMILES string of the molecule is CCC(Oc1ccc(F)cc1)C(=O)OC1C[C@H]2CC[C@@H](C1)N2C. The predicted molar refractivity (Wildman–Crippen MR) is 84.8 cm³/mol. The van der Waals surface area contributed by atoms with Crippen molar-refractivity contribution in [3.8, 4) is 5.75 Å². The van der Waals surface area contributed by atoms with Crippen LogP contribution in [0.1, 0.15) is 39.0 Å². The Morgan fingerprint density at radius 2 is 1.87 bits per heavy atom. The van der Waals surface area contributed by atoms with Crippen molar-refractivity contribution >= 4 is 5.97 Å². The largest absolute Gasteiger partial charge is 0.479 e. The van der Waals surface area contributed by atoms with Crippen molar-refractivity contribution in [1.29, 1.82) is 0 Å². The first-order chi connectivity index (χ1) is 11.1. The highest BCUT2D eigenvalue weighted by Gasteiger charge is 2.40. The third-order valence-corrected chi connectivity index (χ3v) is 5.06. The zero-order valence-electron chi connectivity index (χ0n) is 13.7. The number of carbonyl (C=O) groups is 1. The Hall–Kier alpha value is -1.62. The van der Waals surface area contributed by atoms with Crippen molar-refractivity contribution in [1.82, 2.24) is 4.90 Å². The second-order valence-corrected chi connectivity index (χ2v) is 6.55. The number of piperidine rings is 1. The Bertz CT molecular complexity index is 534. The van der Waals surface area contributed by atoms with Gasteiger partial charge in [-0.05, 0) is 63.4 Å². The molecular formula is C18H24FNO3. The van der Waals surface area contributed by atoms with E-state index in [-0.39, 0.29) is 17.9 Å². The monoisotopic (exact) mass is 321 g/mol. The lowest BCUT2D eigenvalue weighted by atomic mass is 10.0. The second kappa shape index (κ2) is 6.87. The van der Waals surface area contributed by atoms with Crippen LogP contribution in [0.5, 0.6) is 5.75 Å². The van der Waals surface area contributed by atoms with Gasteiger partial charge in [-0.3, -0.25) is 0 Å². The number of hydrogen-bond acceptors (Lipinski definition) is 4. The van der Waals surface area contributed by atoms with E-state index in [1.54, 1.807) is 0 Å². The fraction of sp³-hybridized carbons (Fsp3) is 0.611. The van der Waals surface area contributed by atoms with Gasteiger partial charge < -0.3 is 14.4 Å². The lowest BCUT2D eigenvalue weighted by molar-refractivity contribution is -0.161. The topological polar surface area (TPSA) is 38.8 Å². The standard InChI is InChI=1S/C18H24FNO3/c1-3-17(22-15-8-4-12(19)5-9-15)18(21)23-16-10-13-6-7-14(11-16)20(13)2/h4-5,8-9,13-14,16-17H,3,6-7,10-11H2,1-2H3/t13-,14+,16?,17?. The molecule has 2 aliphatic heterocycles. The van der Waals surface area contributed by atoms with E-state index in [4.69, 9.17) is 9.47 Å². The molecule has 2 aliphatic rings. The van der Waals surface area contributed by atoms with Crippen LogP contribution in [0.4, 0.5) is 4.39 Å². The lowest BCUT2D eigenvalue weighted by Crippen LogP contribution is -2.44. The molecule has 23 heavy (non-hydrogen) atoms. The molecule has 2 fully saturated rings. The summed E-state index contributed by atoms with van der Waals surface area (Å²) in [5, 5.41) is 0. The molecule has 2 heterocycles. The molecule has 0 aromatic heterocycles. The van der Waals surface area contributed by atoms with Gasteiger partial charge in [0.15, 0.2) is 6.10 Å². The number of benzene rings is 1. The number of rotatable bonds is 5. The minimum Gasteiger partial charge on any atom is -0.479 e. The molecule has 1 aromatic carbocycles. The fourth-order valence-electron chi connectivity index (χ4n) is 3.67. The Morgan fingerprint density at radius 1 is 1.26 bits per heavy atom. The first-order valence-electron chi connectivity index (χ1n) is 8.41. The Morgan fingerprint density at radius 3 is 2.43 bits per heavy atom. The number of fused-ring (bicyclic) bond motifs is 2. The zero-order chi connectivity index (χ0) is 16.4. The highest BCUT2D eigenvalue weighted by atomic mass is 19.1. The van der Waals surface area contributed by atoms with Crippen LogP contribution in [0.25, 0.3) is 0 Å². The van der Waals surface area contributed by atoms with Gasteiger partial charge in [0.05, 0.1) is 0 Å². The van der Waals surface area contributed by atoms with Crippen LogP contribution >= 0.6 is 0 Å². The van der Waals surface area contributed by atoms with Gasteiger partial charge in [-0.15, -0.1) is 0 Å². The predicted octanol–water partition coefficient (Wildman–Crippen LogP) is 3.15. The van der Waals surface area contributed by atoms with Crippen molar-refractivity contribution in [2.45, 2.75) is 63.3 Å². The maximum absolute atomic E-state index is 12.9. The van der Waals surface area contributed by atoms with Gasteiger partial charge in [-0.2, -0.15) is 0 Å². The molecule has 0 aliphatic carbocycles. The van der Waals surface area contributed by atoms with E-state index >= 15 is 0 Å². The van der Waals surface area contributed by atoms with Crippen LogP contribution in [0.2, 0.25) is 0 Å². The molecule has 2 saturated heterocycles. The van der Waals surface area contributed by atoms with Crippen molar-refractivity contribution < 1.29 is 18.7 Å². The van der Waals surface area contributed by atoms with E-state index in [1.165, 1.54) is 37.1 Å². The van der Waals surface area contributed by atoms with E-state index in [1.807, 2.05) is 6.92 Å². The summed E-state index contributed by atoms with van der Waals surface area (Å²) in [6, 6.07) is 6.76. The van der Waals surface area contributed by atoms with Crippen LogP contribution in [0, 0.1) is 5.82 Å². The smallest absolute Gasteiger partial charge is 0.347 e. The average Bonchev–Trinajstić information content (AvgIpc) is 2.75. The number of ether oxygens (including phenoxy) is 2. The first-order valence-corrected chi connectivity index (χ1v) is 8.41. The van der Waals surface area contributed by atoms with Gasteiger partial charge in [0, 0.05) is 12.1 Å². The molecule has 5 heteroatoms. The molecule has 0 saturated carbocycles. The molecule has 2 bridgehead atoms. The number of hydrogen-bond donors (Lipinski definition) is 0. The van der Waals surface area contributed by atoms with E-state index in [0.717, 1.165) is 12.8 Å². The summed E-state index contributed by atoms with van der Waals surface area (Å²) >= 11 is 0. The highest BCUT2D eigenvalue weighted by Crippen LogP contribution is 2.35. The number of nitrogens with zero attached hydrogens (tertiary/aromatic N) is 1. The number of esters is 1. The lowest BCUT2D eigenvalue weighted by Gasteiger charge is -2.36. The van der Waals surface area contributed by atoms with E-state index < -0.39 is 6.10 Å². The minimum absolute atomic E-state index is 0.0120. The van der Waals surface area contributed by atoms with Crippen molar-refractivity contribution in [3.63, 3.8) is 0 Å². The van der Waals surface area contributed by atoms with Gasteiger partial charge in [0.25, 0.3) is 0 Å². The Balaban J connectivity index is 1.56. The summed E-state index contributed by atoms with van der Waals surface area (Å²) < 4.78 is 24.3. The molecule has 1 aromatic rings. The third-order valence-electron chi connectivity index (χ3n) is 5.06. The van der Waals surface area contributed by atoms with E-state index in [2.05, 4.69) is 11.9 Å². The van der Waals surface area contributed by atoms with Gasteiger partial charge in [-0.1, -0.05) is 6.92 Å². The summed E-state index contributed by atoms with van der Waals surface area (Å²) in [7, 11) is 2.16. The van der Waals surface area contributed by atoms with Gasteiger partial charge in [-0.25, -0.2) is 9.18 Å². The third kappa shape index (κ3) is 3.66. The van der Waals surface area contributed by atoms with Crippen molar-refractivity contribution in [2.24, 2.45) is 0 Å². The van der Waals surface area contributed by atoms with Crippen molar-refractivity contribution in [3.05, 3.63) is 30.1 Å². The maximum Gasteiger partial charge on any atom is 0.347 e. The zero-order valence-corrected chi connectivity index (χ0v) is 13.7. The maximum atomic E-state index is 12.9. The summed E-state index contributed by atoms with van der Waals surface area (Å²) in [6.07, 6.45) is 4.07. The van der Waals surface area contributed by atoms with E-state index in [0.29, 0.717) is 24.3 Å². The Kier molecular flexibility index (Phi) is 4.85. The molecule has 0 amide bonds. The summed E-state index contributed by atoms with van der Waals surface area (Å²) in [5.41, 5.74) is 0. The molecule has 2 unspecified atom stereocenters. The summed E-state index contributed by atoms with van der Waals surface area (Å²) in [5.74, 6) is -0.154. The first kappa shape index (κ1) is 16.2. The molecule has 0 radical (unpaired) electrons. The second-order valence-electron chi connectivity index (χ2n) is 6.55. The minimum atomic E-state index is -0.641. The van der Waals surface area contributed by atoms with E-state index in [9.17, 15) is 9.18 Å². The number of halogens is 1. The van der Waals surface area contributed by atoms with Crippen LogP contribution in [0.15, 0.2) is 24.3 Å². The Labute approximate surface area is 136 Å². The summed E-state index contributed by atoms with van der Waals surface area (Å²) in [6.45, 7) is 1.88. The number of carbonyl (C=O) groups excluding carboxylic acids is 1. The van der Waals surface area contributed by atoms with Crippen LogP contribution in [-0.4, -0.2) is 42.2 Å². The fourth-order valence-corrected chi connectivity index (χ4v) is 3.67. The van der Waals surface area contributed by atoms with Crippen LogP contribution in [-0.2, 0) is 9.53 Å². The molecule has 0 N–H and O–H groups in total. The van der Waals surface area contributed by atoms with Crippen LogP contribution < -0.4 is 4.74 Å².